The minimum Gasteiger partial charge on any atom is -0.355 e. The fraction of sp³-hybridized carbons (Fsp3) is 0.500. The Labute approximate surface area is 137 Å². The molecule has 1 aliphatic carbocycles. The third kappa shape index (κ3) is 4.45. The van der Waals surface area contributed by atoms with Crippen LogP contribution in [0.3, 0.4) is 0 Å². The summed E-state index contributed by atoms with van der Waals surface area (Å²) in [5.74, 6) is -0.224. The molecule has 0 saturated heterocycles. The highest BCUT2D eigenvalue weighted by Crippen LogP contribution is 2.26. The van der Waals surface area contributed by atoms with Crippen LogP contribution >= 0.6 is 12.4 Å². The fourth-order valence-electron chi connectivity index (χ4n) is 2.73. The van der Waals surface area contributed by atoms with E-state index in [1.54, 1.807) is 19.2 Å². The summed E-state index contributed by atoms with van der Waals surface area (Å²) in [6.45, 7) is 0.391. The largest absolute Gasteiger partial charge is 0.355 e. The molecule has 0 unspecified atom stereocenters. The molecule has 1 aromatic carbocycles. The van der Waals surface area contributed by atoms with E-state index in [4.69, 9.17) is 5.73 Å². The summed E-state index contributed by atoms with van der Waals surface area (Å²) in [5, 5.41) is 5.48. The lowest BCUT2D eigenvalue weighted by atomic mass is 9.82. The van der Waals surface area contributed by atoms with Crippen molar-refractivity contribution >= 4 is 24.2 Å². The van der Waals surface area contributed by atoms with Crippen molar-refractivity contribution in [2.75, 3.05) is 7.05 Å². The van der Waals surface area contributed by atoms with Crippen LogP contribution in [0.5, 0.6) is 0 Å². The van der Waals surface area contributed by atoms with Crippen LogP contribution in [0.25, 0.3) is 0 Å². The van der Waals surface area contributed by atoms with Gasteiger partial charge in [-0.05, 0) is 30.5 Å². The van der Waals surface area contributed by atoms with Gasteiger partial charge in [0.15, 0.2) is 0 Å². The number of halogens is 1. The van der Waals surface area contributed by atoms with Crippen molar-refractivity contribution in [1.29, 1.82) is 0 Å². The highest BCUT2D eigenvalue weighted by Gasteiger charge is 2.34. The van der Waals surface area contributed by atoms with Gasteiger partial charge in [-0.3, -0.25) is 9.59 Å². The number of amides is 2. The van der Waals surface area contributed by atoms with Crippen LogP contribution in [-0.2, 0) is 11.3 Å². The van der Waals surface area contributed by atoms with Crippen molar-refractivity contribution in [3.8, 4) is 0 Å². The molecular formula is C16H24ClN3O2. The molecule has 22 heavy (non-hydrogen) atoms. The zero-order chi connectivity index (χ0) is 15.3. The maximum absolute atomic E-state index is 12.3. The Morgan fingerprint density at radius 3 is 2.55 bits per heavy atom. The smallest absolute Gasteiger partial charge is 0.251 e. The van der Waals surface area contributed by atoms with Gasteiger partial charge in [-0.15, -0.1) is 12.4 Å². The summed E-state index contributed by atoms with van der Waals surface area (Å²) >= 11 is 0. The Bertz CT molecular complexity index is 528. The predicted octanol–water partition coefficient (Wildman–Crippen LogP) is 1.75. The molecule has 6 heteroatoms. The van der Waals surface area contributed by atoms with Gasteiger partial charge in [0.2, 0.25) is 5.91 Å². The van der Waals surface area contributed by atoms with Gasteiger partial charge in [-0.2, -0.15) is 0 Å². The topological polar surface area (TPSA) is 84.2 Å². The zero-order valence-electron chi connectivity index (χ0n) is 12.9. The SMILES string of the molecule is CNC(=O)c1cccc(CNC(=O)C2(N)CCCCC2)c1.Cl. The molecule has 0 spiro atoms. The Morgan fingerprint density at radius 2 is 1.91 bits per heavy atom. The lowest BCUT2D eigenvalue weighted by Gasteiger charge is -2.31. The molecule has 1 aliphatic rings. The van der Waals surface area contributed by atoms with Gasteiger partial charge in [0.1, 0.15) is 0 Å². The molecule has 4 N–H and O–H groups in total. The quantitative estimate of drug-likeness (QED) is 0.788. The van der Waals surface area contributed by atoms with E-state index in [-0.39, 0.29) is 24.2 Å². The number of benzene rings is 1. The molecule has 1 aromatic rings. The molecule has 1 fully saturated rings. The molecule has 5 nitrogen and oxygen atoms in total. The molecule has 0 aromatic heterocycles. The number of hydrogen-bond donors (Lipinski definition) is 3. The summed E-state index contributed by atoms with van der Waals surface area (Å²) < 4.78 is 0. The van der Waals surface area contributed by atoms with Gasteiger partial charge in [0, 0.05) is 19.2 Å². The normalized spacial score (nSPS) is 16.3. The van der Waals surface area contributed by atoms with Crippen LogP contribution in [0.4, 0.5) is 0 Å². The first-order chi connectivity index (χ1) is 10.0. The average Bonchev–Trinajstić information content (AvgIpc) is 2.52. The first-order valence-electron chi connectivity index (χ1n) is 7.43. The van der Waals surface area contributed by atoms with Crippen molar-refractivity contribution in [2.24, 2.45) is 5.73 Å². The summed E-state index contributed by atoms with van der Waals surface area (Å²) in [7, 11) is 1.60. The van der Waals surface area contributed by atoms with E-state index in [0.29, 0.717) is 12.1 Å². The minimum atomic E-state index is -0.726. The van der Waals surface area contributed by atoms with Crippen LogP contribution in [-0.4, -0.2) is 24.4 Å². The molecule has 1 saturated carbocycles. The van der Waals surface area contributed by atoms with Crippen molar-refractivity contribution in [2.45, 2.75) is 44.2 Å². The van der Waals surface area contributed by atoms with Crippen molar-refractivity contribution in [3.63, 3.8) is 0 Å². The van der Waals surface area contributed by atoms with Crippen LogP contribution in [0.15, 0.2) is 24.3 Å². The van der Waals surface area contributed by atoms with Crippen molar-refractivity contribution < 1.29 is 9.59 Å². The molecule has 0 radical (unpaired) electrons. The summed E-state index contributed by atoms with van der Waals surface area (Å²) in [4.78, 5) is 23.8. The Balaban J connectivity index is 0.00000242. The zero-order valence-corrected chi connectivity index (χ0v) is 13.7. The molecule has 0 bridgehead atoms. The number of nitrogens with one attached hydrogen (secondary N) is 2. The van der Waals surface area contributed by atoms with Gasteiger partial charge >= 0.3 is 0 Å². The summed E-state index contributed by atoms with van der Waals surface area (Å²) in [6.07, 6.45) is 4.67. The van der Waals surface area contributed by atoms with Gasteiger partial charge in [-0.25, -0.2) is 0 Å². The Morgan fingerprint density at radius 1 is 1.23 bits per heavy atom. The molecule has 0 heterocycles. The van der Waals surface area contributed by atoms with Crippen LogP contribution < -0.4 is 16.4 Å². The van der Waals surface area contributed by atoms with E-state index in [1.165, 1.54) is 0 Å². The maximum Gasteiger partial charge on any atom is 0.251 e. The van der Waals surface area contributed by atoms with Gasteiger partial charge in [0.25, 0.3) is 5.91 Å². The van der Waals surface area contributed by atoms with Crippen LogP contribution in [0.1, 0.15) is 48.0 Å². The highest BCUT2D eigenvalue weighted by molar-refractivity contribution is 5.94. The van der Waals surface area contributed by atoms with Crippen molar-refractivity contribution in [3.05, 3.63) is 35.4 Å². The lowest BCUT2D eigenvalue weighted by molar-refractivity contribution is -0.127. The standard InChI is InChI=1S/C16H23N3O2.ClH/c1-18-14(20)13-7-5-6-12(10-13)11-19-15(21)16(17)8-3-2-4-9-16;/h5-7,10H,2-4,8-9,11,17H2,1H3,(H,18,20)(H,19,21);1H. The summed E-state index contributed by atoms with van der Waals surface area (Å²) in [6, 6.07) is 7.22. The molecule has 122 valence electrons. The predicted molar refractivity (Wildman–Crippen MR) is 88.9 cm³/mol. The lowest BCUT2D eigenvalue weighted by Crippen LogP contribution is -2.54. The van der Waals surface area contributed by atoms with E-state index in [2.05, 4.69) is 10.6 Å². The monoisotopic (exact) mass is 325 g/mol. The number of hydrogen-bond acceptors (Lipinski definition) is 3. The molecule has 2 rings (SSSR count). The van der Waals surface area contributed by atoms with Crippen LogP contribution in [0.2, 0.25) is 0 Å². The minimum absolute atomic E-state index is 0. The number of carbonyl (C=O) groups is 2. The van der Waals surface area contributed by atoms with Crippen molar-refractivity contribution in [1.82, 2.24) is 10.6 Å². The second kappa shape index (κ2) is 8.15. The van der Waals surface area contributed by atoms with Crippen LogP contribution in [0, 0.1) is 0 Å². The molecule has 0 aliphatic heterocycles. The fourth-order valence-corrected chi connectivity index (χ4v) is 2.73. The second-order valence-corrected chi connectivity index (χ2v) is 5.68. The Hall–Kier alpha value is -1.59. The first-order valence-corrected chi connectivity index (χ1v) is 7.43. The number of carbonyl (C=O) groups excluding carboxylic acids is 2. The maximum atomic E-state index is 12.3. The summed E-state index contributed by atoms with van der Waals surface area (Å²) in [5.41, 5.74) is 6.94. The highest BCUT2D eigenvalue weighted by atomic mass is 35.5. The van der Waals surface area contributed by atoms with E-state index in [9.17, 15) is 9.59 Å². The third-order valence-corrected chi connectivity index (χ3v) is 4.07. The van der Waals surface area contributed by atoms with Gasteiger partial charge in [-0.1, -0.05) is 31.4 Å². The van der Waals surface area contributed by atoms with E-state index < -0.39 is 5.54 Å². The molecule has 0 atom stereocenters. The van der Waals surface area contributed by atoms with Gasteiger partial charge < -0.3 is 16.4 Å². The number of rotatable bonds is 4. The second-order valence-electron chi connectivity index (χ2n) is 5.68. The molecular weight excluding hydrogens is 302 g/mol. The number of nitrogens with two attached hydrogens (primary N) is 1. The average molecular weight is 326 g/mol. The first kappa shape index (κ1) is 18.5. The molecule has 2 amide bonds. The van der Waals surface area contributed by atoms with E-state index in [0.717, 1.165) is 37.7 Å². The Kier molecular flexibility index (Phi) is 6.84. The third-order valence-electron chi connectivity index (χ3n) is 4.07. The van der Waals surface area contributed by atoms with E-state index in [1.807, 2.05) is 12.1 Å². The van der Waals surface area contributed by atoms with E-state index >= 15 is 0 Å². The van der Waals surface area contributed by atoms with Gasteiger partial charge in [0.05, 0.1) is 5.54 Å².